The van der Waals surface area contributed by atoms with Crippen LogP contribution in [0.4, 0.5) is 11.4 Å². The van der Waals surface area contributed by atoms with E-state index in [4.69, 9.17) is 16.9 Å². The maximum absolute atomic E-state index is 10.8. The third-order valence-electron chi connectivity index (χ3n) is 2.96. The van der Waals surface area contributed by atoms with E-state index in [2.05, 4.69) is 11.4 Å². The Morgan fingerprint density at radius 1 is 1.24 bits per heavy atom. The highest BCUT2D eigenvalue weighted by Crippen LogP contribution is 2.23. The molecule has 0 saturated heterocycles. The zero-order valence-corrected chi connectivity index (χ0v) is 11.8. The largest absolute Gasteiger partial charge is 0.381 e. The van der Waals surface area contributed by atoms with E-state index in [0.717, 1.165) is 11.3 Å². The highest BCUT2D eigenvalue weighted by atomic mass is 35.5. The van der Waals surface area contributed by atoms with Gasteiger partial charge in [-0.1, -0.05) is 23.7 Å². The second-order valence-corrected chi connectivity index (χ2v) is 4.83. The summed E-state index contributed by atoms with van der Waals surface area (Å²) < 4.78 is 0. The molecule has 5 nitrogen and oxygen atoms in total. The first-order valence-electron chi connectivity index (χ1n) is 6.22. The highest BCUT2D eigenvalue weighted by Gasteiger charge is 2.09. The lowest BCUT2D eigenvalue weighted by Gasteiger charge is -2.08. The summed E-state index contributed by atoms with van der Waals surface area (Å²) in [5, 5.41) is 23.0. The number of nitro benzene ring substituents is 1. The summed E-state index contributed by atoms with van der Waals surface area (Å²) in [6, 6.07) is 13.9. The fraction of sp³-hybridized carbons (Fsp3) is 0.133. The third-order valence-corrected chi connectivity index (χ3v) is 3.33. The normalized spacial score (nSPS) is 9.90. The molecular formula is C15H12ClN3O2. The fourth-order valence-electron chi connectivity index (χ4n) is 1.84. The summed E-state index contributed by atoms with van der Waals surface area (Å²) in [5.41, 5.74) is 2.48. The van der Waals surface area contributed by atoms with Gasteiger partial charge in [0, 0.05) is 29.4 Å². The number of nitrogens with one attached hydrogen (secondary N) is 1. The van der Waals surface area contributed by atoms with Gasteiger partial charge in [-0.3, -0.25) is 10.1 Å². The number of benzene rings is 2. The Kier molecular flexibility index (Phi) is 4.75. The number of nitriles is 1. The van der Waals surface area contributed by atoms with E-state index in [1.54, 1.807) is 0 Å². The predicted molar refractivity (Wildman–Crippen MR) is 81.2 cm³/mol. The highest BCUT2D eigenvalue weighted by molar-refractivity contribution is 6.31. The number of nitro groups is 1. The van der Waals surface area contributed by atoms with Crippen molar-refractivity contribution in [3.05, 3.63) is 68.7 Å². The quantitative estimate of drug-likeness (QED) is 0.670. The number of non-ortho nitro benzene ring substituents is 1. The molecular weight excluding hydrogens is 290 g/mol. The molecule has 0 heterocycles. The summed E-state index contributed by atoms with van der Waals surface area (Å²) in [5.74, 6) is 0. The summed E-state index contributed by atoms with van der Waals surface area (Å²) in [7, 11) is 0. The summed E-state index contributed by atoms with van der Waals surface area (Å²) in [6.07, 6.45) is 0.372. The van der Waals surface area contributed by atoms with Crippen LogP contribution in [0.1, 0.15) is 11.1 Å². The van der Waals surface area contributed by atoms with Gasteiger partial charge in [0.05, 0.1) is 17.4 Å². The van der Waals surface area contributed by atoms with Crippen LogP contribution in [0.5, 0.6) is 0 Å². The van der Waals surface area contributed by atoms with Crippen molar-refractivity contribution in [2.45, 2.75) is 13.0 Å². The first-order chi connectivity index (χ1) is 10.1. The van der Waals surface area contributed by atoms with E-state index in [0.29, 0.717) is 23.6 Å². The number of anilines is 1. The fourth-order valence-corrected chi connectivity index (χ4v) is 2.02. The average molecular weight is 302 g/mol. The zero-order chi connectivity index (χ0) is 15.2. The predicted octanol–water partition coefficient (Wildman–Crippen LogP) is 3.93. The van der Waals surface area contributed by atoms with Crippen LogP contribution in [0.15, 0.2) is 42.5 Å². The molecule has 0 saturated carbocycles. The monoisotopic (exact) mass is 301 g/mol. The molecule has 0 fully saturated rings. The van der Waals surface area contributed by atoms with Gasteiger partial charge in [-0.2, -0.15) is 5.26 Å². The Balaban J connectivity index is 2.07. The van der Waals surface area contributed by atoms with Gasteiger partial charge in [0.25, 0.3) is 5.69 Å². The van der Waals surface area contributed by atoms with Crippen molar-refractivity contribution < 1.29 is 4.92 Å². The number of rotatable bonds is 5. The molecule has 0 radical (unpaired) electrons. The van der Waals surface area contributed by atoms with Crippen LogP contribution in [-0.2, 0) is 13.0 Å². The topological polar surface area (TPSA) is 79.0 Å². The molecule has 2 aromatic rings. The number of hydrogen-bond donors (Lipinski definition) is 1. The summed E-state index contributed by atoms with van der Waals surface area (Å²) in [4.78, 5) is 10.3. The number of nitrogens with zero attached hydrogens (tertiary/aromatic N) is 2. The van der Waals surface area contributed by atoms with Crippen molar-refractivity contribution in [3.8, 4) is 6.07 Å². The standard InChI is InChI=1S/C15H12ClN3O2/c16-15-6-5-14(19(20)21)9-12(15)10-18-13-3-1-11(2-4-13)7-8-17/h1-6,9,18H,7,10H2. The van der Waals surface area contributed by atoms with E-state index in [1.165, 1.54) is 18.2 Å². The van der Waals surface area contributed by atoms with Crippen LogP contribution in [-0.4, -0.2) is 4.92 Å². The van der Waals surface area contributed by atoms with Crippen LogP contribution < -0.4 is 5.32 Å². The Morgan fingerprint density at radius 3 is 2.57 bits per heavy atom. The van der Waals surface area contributed by atoms with Gasteiger partial charge in [0.1, 0.15) is 0 Å². The van der Waals surface area contributed by atoms with Gasteiger partial charge in [0.15, 0.2) is 0 Å². The Labute approximate surface area is 126 Å². The lowest BCUT2D eigenvalue weighted by molar-refractivity contribution is -0.384. The van der Waals surface area contributed by atoms with E-state index >= 15 is 0 Å². The van der Waals surface area contributed by atoms with Crippen molar-refractivity contribution in [2.75, 3.05) is 5.32 Å². The maximum Gasteiger partial charge on any atom is 0.269 e. The first-order valence-corrected chi connectivity index (χ1v) is 6.60. The molecule has 2 aromatic carbocycles. The Bertz CT molecular complexity index is 693. The summed E-state index contributed by atoms with van der Waals surface area (Å²) >= 11 is 6.03. The van der Waals surface area contributed by atoms with Crippen molar-refractivity contribution in [1.82, 2.24) is 0 Å². The van der Waals surface area contributed by atoms with E-state index < -0.39 is 4.92 Å². The number of halogens is 1. The lowest BCUT2D eigenvalue weighted by atomic mass is 10.1. The van der Waals surface area contributed by atoms with Gasteiger partial charge >= 0.3 is 0 Å². The van der Waals surface area contributed by atoms with E-state index in [-0.39, 0.29) is 5.69 Å². The molecule has 6 heteroatoms. The van der Waals surface area contributed by atoms with Crippen molar-refractivity contribution in [2.24, 2.45) is 0 Å². The van der Waals surface area contributed by atoms with Crippen molar-refractivity contribution in [3.63, 3.8) is 0 Å². The van der Waals surface area contributed by atoms with Crippen LogP contribution in [0.3, 0.4) is 0 Å². The van der Waals surface area contributed by atoms with Crippen LogP contribution in [0.25, 0.3) is 0 Å². The molecule has 0 unspecified atom stereocenters. The molecule has 0 spiro atoms. The SMILES string of the molecule is N#CCc1ccc(NCc2cc([N+](=O)[O-])ccc2Cl)cc1. The Hall–Kier alpha value is -2.58. The van der Waals surface area contributed by atoms with E-state index in [1.807, 2.05) is 24.3 Å². The van der Waals surface area contributed by atoms with Crippen molar-refractivity contribution in [1.29, 1.82) is 5.26 Å². The molecule has 0 aliphatic rings. The second-order valence-electron chi connectivity index (χ2n) is 4.42. The van der Waals surface area contributed by atoms with Crippen LogP contribution in [0.2, 0.25) is 5.02 Å². The zero-order valence-electron chi connectivity index (χ0n) is 11.0. The smallest absolute Gasteiger partial charge is 0.269 e. The molecule has 0 aromatic heterocycles. The molecule has 0 amide bonds. The maximum atomic E-state index is 10.8. The van der Waals surface area contributed by atoms with Gasteiger partial charge in [-0.05, 0) is 29.3 Å². The molecule has 2 rings (SSSR count). The lowest BCUT2D eigenvalue weighted by Crippen LogP contribution is -2.01. The minimum Gasteiger partial charge on any atom is -0.381 e. The Morgan fingerprint density at radius 2 is 1.95 bits per heavy atom. The molecule has 21 heavy (non-hydrogen) atoms. The second kappa shape index (κ2) is 6.73. The minimum atomic E-state index is -0.448. The molecule has 1 N–H and O–H groups in total. The third kappa shape index (κ3) is 3.94. The molecule has 106 valence electrons. The first kappa shape index (κ1) is 14.8. The van der Waals surface area contributed by atoms with Crippen LogP contribution >= 0.6 is 11.6 Å². The molecule has 0 aliphatic heterocycles. The van der Waals surface area contributed by atoms with Crippen molar-refractivity contribution >= 4 is 23.0 Å². The summed E-state index contributed by atoms with van der Waals surface area (Å²) in [6.45, 7) is 0.387. The average Bonchev–Trinajstić information content (AvgIpc) is 2.48. The van der Waals surface area contributed by atoms with E-state index in [9.17, 15) is 10.1 Å². The van der Waals surface area contributed by atoms with Gasteiger partial charge in [0.2, 0.25) is 0 Å². The van der Waals surface area contributed by atoms with Crippen LogP contribution in [0, 0.1) is 21.4 Å². The van der Waals surface area contributed by atoms with Gasteiger partial charge in [-0.25, -0.2) is 0 Å². The molecule has 0 bridgehead atoms. The van der Waals surface area contributed by atoms with Gasteiger partial charge < -0.3 is 5.32 Å². The molecule has 0 atom stereocenters. The van der Waals surface area contributed by atoms with Gasteiger partial charge in [-0.15, -0.1) is 0 Å². The number of hydrogen-bond acceptors (Lipinski definition) is 4. The minimum absolute atomic E-state index is 0.0144. The molecule has 0 aliphatic carbocycles.